The molecule has 2 N–H and O–H groups in total. The van der Waals surface area contributed by atoms with Gasteiger partial charge in [-0.05, 0) is 25.0 Å². The van der Waals surface area contributed by atoms with E-state index < -0.39 is 32.1 Å². The molecule has 1 fully saturated rings. The van der Waals surface area contributed by atoms with Crippen LogP contribution in [-0.4, -0.2) is 26.7 Å². The van der Waals surface area contributed by atoms with Crippen molar-refractivity contribution >= 4 is 10.0 Å². The molecular formula is C12H14F3NO3S. The molecule has 2 rings (SSSR count). The lowest BCUT2D eigenvalue weighted by Crippen LogP contribution is -2.33. The highest BCUT2D eigenvalue weighted by atomic mass is 32.2. The average Bonchev–Trinajstić information content (AvgIpc) is 3.16. The van der Waals surface area contributed by atoms with E-state index in [4.69, 9.17) is 5.11 Å². The quantitative estimate of drug-likeness (QED) is 0.871. The highest BCUT2D eigenvalue weighted by molar-refractivity contribution is 7.89. The van der Waals surface area contributed by atoms with Gasteiger partial charge in [-0.2, -0.15) is 13.2 Å². The van der Waals surface area contributed by atoms with Gasteiger partial charge < -0.3 is 5.11 Å². The third-order valence-corrected chi connectivity index (χ3v) is 4.87. The van der Waals surface area contributed by atoms with Crippen molar-refractivity contribution in [3.05, 3.63) is 29.8 Å². The third-order valence-electron chi connectivity index (χ3n) is 3.41. The number of hydrogen-bond acceptors (Lipinski definition) is 3. The Kier molecular flexibility index (Phi) is 3.83. The topological polar surface area (TPSA) is 66.4 Å². The Morgan fingerprint density at radius 2 is 1.85 bits per heavy atom. The maximum Gasteiger partial charge on any atom is 0.417 e. The summed E-state index contributed by atoms with van der Waals surface area (Å²) in [6.07, 6.45) is -3.42. The predicted octanol–water partition coefficient (Wildman–Crippen LogP) is 1.76. The molecule has 0 aromatic heterocycles. The van der Waals surface area contributed by atoms with Crippen molar-refractivity contribution in [2.24, 2.45) is 5.41 Å². The lowest BCUT2D eigenvalue weighted by atomic mass is 10.1. The summed E-state index contributed by atoms with van der Waals surface area (Å²) in [4.78, 5) is -0.791. The Bertz CT molecular complexity index is 594. The maximum absolute atomic E-state index is 12.8. The van der Waals surface area contributed by atoms with E-state index in [-0.39, 0.29) is 13.2 Å². The first-order chi connectivity index (χ1) is 9.20. The number of alkyl halides is 3. The molecule has 0 unspecified atom stereocenters. The van der Waals surface area contributed by atoms with Crippen LogP contribution < -0.4 is 4.72 Å². The van der Waals surface area contributed by atoms with E-state index in [0.29, 0.717) is 12.8 Å². The summed E-state index contributed by atoms with van der Waals surface area (Å²) >= 11 is 0. The number of aliphatic hydroxyl groups is 1. The van der Waals surface area contributed by atoms with Crippen LogP contribution in [0.25, 0.3) is 0 Å². The SMILES string of the molecule is O=S(=O)(NCC1(CO)CC1)c1ccccc1C(F)(F)F. The normalized spacial score (nSPS) is 18.0. The zero-order valence-corrected chi connectivity index (χ0v) is 11.3. The van der Waals surface area contributed by atoms with Crippen molar-refractivity contribution in [1.29, 1.82) is 0 Å². The zero-order valence-electron chi connectivity index (χ0n) is 10.4. The van der Waals surface area contributed by atoms with E-state index in [1.165, 1.54) is 6.07 Å². The molecule has 0 radical (unpaired) electrons. The largest absolute Gasteiger partial charge is 0.417 e. The molecule has 1 aromatic rings. The van der Waals surface area contributed by atoms with Crippen molar-refractivity contribution in [3.63, 3.8) is 0 Å². The maximum atomic E-state index is 12.8. The molecular weight excluding hydrogens is 295 g/mol. The fourth-order valence-electron chi connectivity index (χ4n) is 1.83. The summed E-state index contributed by atoms with van der Waals surface area (Å²) in [6.45, 7) is -0.242. The van der Waals surface area contributed by atoms with Crippen LogP contribution in [0.3, 0.4) is 0 Å². The Labute approximate surface area is 114 Å². The first-order valence-electron chi connectivity index (χ1n) is 5.97. The fraction of sp³-hybridized carbons (Fsp3) is 0.500. The van der Waals surface area contributed by atoms with Gasteiger partial charge in [0.2, 0.25) is 10.0 Å². The van der Waals surface area contributed by atoms with Crippen LogP contribution in [0.2, 0.25) is 0 Å². The molecule has 0 bridgehead atoms. The molecule has 112 valence electrons. The Morgan fingerprint density at radius 1 is 1.25 bits per heavy atom. The number of nitrogens with one attached hydrogen (secondary N) is 1. The second-order valence-corrected chi connectivity index (χ2v) is 6.71. The summed E-state index contributed by atoms with van der Waals surface area (Å²) in [6, 6.07) is 4.03. The van der Waals surface area contributed by atoms with Crippen molar-refractivity contribution in [2.75, 3.05) is 13.2 Å². The highest BCUT2D eigenvalue weighted by Gasteiger charge is 2.43. The summed E-state index contributed by atoms with van der Waals surface area (Å²) in [7, 11) is -4.26. The summed E-state index contributed by atoms with van der Waals surface area (Å²) in [5, 5.41) is 9.09. The lowest BCUT2D eigenvalue weighted by molar-refractivity contribution is -0.139. The lowest BCUT2D eigenvalue weighted by Gasteiger charge is -2.16. The van der Waals surface area contributed by atoms with Gasteiger partial charge >= 0.3 is 6.18 Å². The fourth-order valence-corrected chi connectivity index (χ4v) is 3.21. The smallest absolute Gasteiger partial charge is 0.396 e. The third kappa shape index (κ3) is 3.13. The van der Waals surface area contributed by atoms with Gasteiger partial charge in [0.05, 0.1) is 10.5 Å². The highest BCUT2D eigenvalue weighted by Crippen LogP contribution is 2.44. The Balaban J connectivity index is 2.26. The summed E-state index contributed by atoms with van der Waals surface area (Å²) in [5.41, 5.74) is -1.71. The number of rotatable bonds is 5. The molecule has 0 saturated heterocycles. The van der Waals surface area contributed by atoms with Crippen LogP contribution in [0, 0.1) is 5.41 Å². The molecule has 1 aliphatic rings. The van der Waals surface area contributed by atoms with Crippen molar-refractivity contribution in [2.45, 2.75) is 23.9 Å². The van der Waals surface area contributed by atoms with Crippen LogP contribution in [0.5, 0.6) is 0 Å². The number of sulfonamides is 1. The van der Waals surface area contributed by atoms with Crippen LogP contribution in [0.15, 0.2) is 29.2 Å². The Hall–Kier alpha value is -1.12. The van der Waals surface area contributed by atoms with Gasteiger partial charge in [-0.1, -0.05) is 12.1 Å². The molecule has 1 aromatic carbocycles. The van der Waals surface area contributed by atoms with Gasteiger partial charge in [0, 0.05) is 18.6 Å². The van der Waals surface area contributed by atoms with Crippen LogP contribution in [0.4, 0.5) is 13.2 Å². The molecule has 0 spiro atoms. The molecule has 0 amide bonds. The zero-order chi connectivity index (χ0) is 15.0. The molecule has 4 nitrogen and oxygen atoms in total. The van der Waals surface area contributed by atoms with Crippen LogP contribution >= 0.6 is 0 Å². The second kappa shape index (κ2) is 5.01. The summed E-state index contributed by atoms with van der Waals surface area (Å²) < 4.78 is 64.5. The van der Waals surface area contributed by atoms with Gasteiger partial charge in [-0.3, -0.25) is 0 Å². The van der Waals surface area contributed by atoms with Gasteiger partial charge in [0.1, 0.15) is 0 Å². The summed E-state index contributed by atoms with van der Waals surface area (Å²) in [5.74, 6) is 0. The standard InChI is InChI=1S/C12H14F3NO3S/c13-12(14,15)9-3-1-2-4-10(9)20(18,19)16-7-11(8-17)5-6-11/h1-4,16-17H,5-8H2. The van der Waals surface area contributed by atoms with Crippen LogP contribution in [-0.2, 0) is 16.2 Å². The minimum absolute atomic E-state index is 0.0575. The molecule has 8 heteroatoms. The minimum atomic E-state index is -4.74. The van der Waals surface area contributed by atoms with Crippen molar-refractivity contribution in [1.82, 2.24) is 4.72 Å². The molecule has 0 heterocycles. The van der Waals surface area contributed by atoms with Crippen molar-refractivity contribution < 1.29 is 26.7 Å². The van der Waals surface area contributed by atoms with Crippen molar-refractivity contribution in [3.8, 4) is 0 Å². The van der Waals surface area contributed by atoms with E-state index >= 15 is 0 Å². The first-order valence-corrected chi connectivity index (χ1v) is 7.45. The Morgan fingerprint density at radius 3 is 2.35 bits per heavy atom. The number of aliphatic hydroxyl groups excluding tert-OH is 1. The predicted molar refractivity (Wildman–Crippen MR) is 65.4 cm³/mol. The van der Waals surface area contributed by atoms with Gasteiger partial charge in [-0.25, -0.2) is 13.1 Å². The number of halogens is 3. The average molecular weight is 309 g/mol. The van der Waals surface area contributed by atoms with E-state index in [9.17, 15) is 21.6 Å². The van der Waals surface area contributed by atoms with Gasteiger partial charge in [0.25, 0.3) is 0 Å². The monoisotopic (exact) mass is 309 g/mol. The molecule has 1 saturated carbocycles. The number of hydrogen-bond donors (Lipinski definition) is 2. The molecule has 0 atom stereocenters. The van der Waals surface area contributed by atoms with E-state index in [2.05, 4.69) is 4.72 Å². The van der Waals surface area contributed by atoms with Gasteiger partial charge in [-0.15, -0.1) is 0 Å². The molecule has 20 heavy (non-hydrogen) atoms. The molecule has 1 aliphatic carbocycles. The van der Waals surface area contributed by atoms with Gasteiger partial charge in [0.15, 0.2) is 0 Å². The minimum Gasteiger partial charge on any atom is -0.396 e. The first kappa shape index (κ1) is 15.3. The van der Waals surface area contributed by atoms with E-state index in [1.807, 2.05) is 0 Å². The van der Waals surface area contributed by atoms with E-state index in [1.54, 1.807) is 0 Å². The second-order valence-electron chi connectivity index (χ2n) is 4.98. The van der Waals surface area contributed by atoms with E-state index in [0.717, 1.165) is 18.2 Å². The number of benzene rings is 1. The van der Waals surface area contributed by atoms with Crippen LogP contribution in [0.1, 0.15) is 18.4 Å². The molecule has 0 aliphatic heterocycles.